The number of benzene rings is 2. The highest BCUT2D eigenvalue weighted by Crippen LogP contribution is 2.22. The van der Waals surface area contributed by atoms with Gasteiger partial charge in [0.25, 0.3) is 0 Å². The van der Waals surface area contributed by atoms with Crippen LogP contribution in [0.3, 0.4) is 0 Å². The maximum Gasteiger partial charge on any atom is 0.201 e. The van der Waals surface area contributed by atoms with Gasteiger partial charge in [-0.3, -0.25) is 0 Å². The minimum Gasteiger partial charge on any atom is -0.352 e. The van der Waals surface area contributed by atoms with E-state index in [9.17, 15) is 0 Å². The molecule has 90 valence electrons. The number of rotatable bonds is 1. The molecule has 1 heterocycles. The third-order valence-corrected chi connectivity index (χ3v) is 3.25. The minimum atomic E-state index is 0.784. The van der Waals surface area contributed by atoms with Crippen molar-refractivity contribution in [2.75, 3.05) is 5.32 Å². The summed E-state index contributed by atoms with van der Waals surface area (Å²) in [5.41, 5.74) is 3.25. The van der Waals surface area contributed by atoms with Crippen molar-refractivity contribution in [2.45, 2.75) is 6.54 Å². The fourth-order valence-electron chi connectivity index (χ4n) is 1.88. The van der Waals surface area contributed by atoms with E-state index in [2.05, 4.69) is 37.6 Å². The summed E-state index contributed by atoms with van der Waals surface area (Å²) in [6.07, 6.45) is 0. The lowest BCUT2D eigenvalue weighted by Crippen LogP contribution is -2.32. The molecule has 2 aromatic carbocycles. The van der Waals surface area contributed by atoms with Gasteiger partial charge in [0.1, 0.15) is 0 Å². The molecule has 0 aliphatic carbocycles. The van der Waals surface area contributed by atoms with Gasteiger partial charge in [-0.2, -0.15) is 0 Å². The molecule has 0 fully saturated rings. The molecule has 0 aromatic heterocycles. The summed E-state index contributed by atoms with van der Waals surface area (Å²) in [5, 5.41) is 6.54. The maximum atomic E-state index is 4.55. The SMILES string of the molecule is Brc1cccc(NC2=Nc3ccccc3CN2)c1. The Morgan fingerprint density at radius 2 is 2.00 bits per heavy atom. The van der Waals surface area contributed by atoms with Crippen LogP contribution in [0.25, 0.3) is 0 Å². The molecule has 3 nitrogen and oxygen atoms in total. The van der Waals surface area contributed by atoms with Gasteiger partial charge in [0.05, 0.1) is 5.69 Å². The van der Waals surface area contributed by atoms with Crippen molar-refractivity contribution in [1.29, 1.82) is 0 Å². The molecule has 1 aliphatic rings. The Hall–Kier alpha value is -1.81. The van der Waals surface area contributed by atoms with Crippen molar-refractivity contribution in [3.05, 3.63) is 58.6 Å². The van der Waals surface area contributed by atoms with E-state index >= 15 is 0 Å². The Labute approximate surface area is 114 Å². The highest BCUT2D eigenvalue weighted by atomic mass is 79.9. The Morgan fingerprint density at radius 1 is 1.11 bits per heavy atom. The summed E-state index contributed by atoms with van der Waals surface area (Å²) < 4.78 is 1.05. The van der Waals surface area contributed by atoms with Crippen molar-refractivity contribution >= 4 is 33.3 Å². The second-order valence-electron chi connectivity index (χ2n) is 4.08. The summed E-state index contributed by atoms with van der Waals surface area (Å²) in [6, 6.07) is 16.2. The predicted octanol–water partition coefficient (Wildman–Crippen LogP) is 3.65. The van der Waals surface area contributed by atoms with Gasteiger partial charge >= 0.3 is 0 Å². The summed E-state index contributed by atoms with van der Waals surface area (Å²) in [4.78, 5) is 4.55. The molecular weight excluding hydrogens is 290 g/mol. The van der Waals surface area contributed by atoms with Crippen LogP contribution in [0.15, 0.2) is 58.0 Å². The van der Waals surface area contributed by atoms with Crippen LogP contribution < -0.4 is 10.6 Å². The lowest BCUT2D eigenvalue weighted by atomic mass is 10.1. The van der Waals surface area contributed by atoms with Crippen LogP contribution in [0.1, 0.15) is 5.56 Å². The Bertz CT molecular complexity index is 607. The number of hydrogen-bond donors (Lipinski definition) is 2. The lowest BCUT2D eigenvalue weighted by Gasteiger charge is -2.18. The van der Waals surface area contributed by atoms with Gasteiger partial charge in [0.15, 0.2) is 0 Å². The number of fused-ring (bicyclic) bond motifs is 1. The first-order valence-corrected chi connectivity index (χ1v) is 6.54. The summed E-state index contributed by atoms with van der Waals surface area (Å²) >= 11 is 3.45. The van der Waals surface area contributed by atoms with E-state index in [1.165, 1.54) is 5.56 Å². The first-order chi connectivity index (χ1) is 8.81. The number of hydrogen-bond acceptors (Lipinski definition) is 3. The topological polar surface area (TPSA) is 36.4 Å². The summed E-state index contributed by atoms with van der Waals surface area (Å²) in [5.74, 6) is 0.784. The van der Waals surface area contributed by atoms with Crippen molar-refractivity contribution in [3.63, 3.8) is 0 Å². The van der Waals surface area contributed by atoms with Crippen LogP contribution in [0.4, 0.5) is 11.4 Å². The van der Waals surface area contributed by atoms with Crippen molar-refractivity contribution in [1.82, 2.24) is 5.32 Å². The Morgan fingerprint density at radius 3 is 2.89 bits per heavy atom. The largest absolute Gasteiger partial charge is 0.352 e. The number of para-hydroxylation sites is 1. The number of aliphatic imine (C=N–C) groups is 1. The molecule has 1 aliphatic heterocycles. The van der Waals surface area contributed by atoms with Crippen molar-refractivity contribution in [3.8, 4) is 0 Å². The normalized spacial score (nSPS) is 13.3. The van der Waals surface area contributed by atoms with Gasteiger partial charge in [0, 0.05) is 16.7 Å². The monoisotopic (exact) mass is 301 g/mol. The number of halogens is 1. The highest BCUT2D eigenvalue weighted by molar-refractivity contribution is 9.10. The zero-order chi connectivity index (χ0) is 12.4. The second-order valence-corrected chi connectivity index (χ2v) is 4.99. The van der Waals surface area contributed by atoms with Crippen LogP contribution in [-0.4, -0.2) is 5.96 Å². The van der Waals surface area contributed by atoms with E-state index in [0.29, 0.717) is 0 Å². The highest BCUT2D eigenvalue weighted by Gasteiger charge is 2.10. The maximum absolute atomic E-state index is 4.55. The molecule has 2 N–H and O–H groups in total. The predicted molar refractivity (Wildman–Crippen MR) is 78.1 cm³/mol. The lowest BCUT2D eigenvalue weighted by molar-refractivity contribution is 0.889. The molecule has 0 atom stereocenters. The molecule has 2 aromatic rings. The standard InChI is InChI=1S/C14H12BrN3/c15-11-5-3-6-12(8-11)17-14-16-9-10-4-1-2-7-13(10)18-14/h1-8H,9H2,(H2,16,17,18). The van der Waals surface area contributed by atoms with Crippen LogP contribution in [0, 0.1) is 0 Å². The first-order valence-electron chi connectivity index (χ1n) is 5.74. The molecular formula is C14H12BrN3. The van der Waals surface area contributed by atoms with Crippen LogP contribution in [-0.2, 0) is 6.54 Å². The van der Waals surface area contributed by atoms with E-state index < -0.39 is 0 Å². The summed E-state index contributed by atoms with van der Waals surface area (Å²) in [6.45, 7) is 0.802. The van der Waals surface area contributed by atoms with Crippen LogP contribution in [0.5, 0.6) is 0 Å². The Balaban J connectivity index is 1.85. The smallest absolute Gasteiger partial charge is 0.201 e. The first kappa shape index (κ1) is 11.3. The van der Waals surface area contributed by atoms with E-state index in [1.807, 2.05) is 42.5 Å². The zero-order valence-electron chi connectivity index (χ0n) is 9.65. The third-order valence-electron chi connectivity index (χ3n) is 2.76. The molecule has 0 radical (unpaired) electrons. The number of guanidine groups is 1. The van der Waals surface area contributed by atoms with E-state index in [1.54, 1.807) is 0 Å². The van der Waals surface area contributed by atoms with Crippen LogP contribution in [0.2, 0.25) is 0 Å². The van der Waals surface area contributed by atoms with Gasteiger partial charge in [0.2, 0.25) is 5.96 Å². The molecule has 0 saturated carbocycles. The molecule has 0 bridgehead atoms. The zero-order valence-corrected chi connectivity index (χ0v) is 11.2. The van der Waals surface area contributed by atoms with E-state index in [0.717, 1.165) is 28.4 Å². The summed E-state index contributed by atoms with van der Waals surface area (Å²) in [7, 11) is 0. The van der Waals surface area contributed by atoms with Crippen LogP contribution >= 0.6 is 15.9 Å². The Kier molecular flexibility index (Phi) is 3.02. The number of nitrogens with one attached hydrogen (secondary N) is 2. The van der Waals surface area contributed by atoms with Gasteiger partial charge in [-0.05, 0) is 29.8 Å². The van der Waals surface area contributed by atoms with Gasteiger partial charge in [-0.15, -0.1) is 0 Å². The van der Waals surface area contributed by atoms with E-state index in [4.69, 9.17) is 0 Å². The number of nitrogens with zero attached hydrogens (tertiary/aromatic N) is 1. The molecule has 0 saturated heterocycles. The minimum absolute atomic E-state index is 0.784. The fourth-order valence-corrected chi connectivity index (χ4v) is 2.28. The van der Waals surface area contributed by atoms with Crippen molar-refractivity contribution < 1.29 is 0 Å². The molecule has 3 rings (SSSR count). The average Bonchev–Trinajstić information content (AvgIpc) is 2.39. The van der Waals surface area contributed by atoms with Crippen molar-refractivity contribution in [2.24, 2.45) is 4.99 Å². The molecule has 0 unspecified atom stereocenters. The number of anilines is 1. The third kappa shape index (κ3) is 2.38. The quantitative estimate of drug-likeness (QED) is 0.843. The van der Waals surface area contributed by atoms with Gasteiger partial charge in [-0.25, -0.2) is 4.99 Å². The molecule has 18 heavy (non-hydrogen) atoms. The average molecular weight is 302 g/mol. The molecule has 0 amide bonds. The van der Waals surface area contributed by atoms with Gasteiger partial charge in [-0.1, -0.05) is 40.2 Å². The fraction of sp³-hybridized carbons (Fsp3) is 0.0714. The molecule has 0 spiro atoms. The van der Waals surface area contributed by atoms with E-state index in [-0.39, 0.29) is 0 Å². The molecule has 4 heteroatoms. The van der Waals surface area contributed by atoms with Gasteiger partial charge < -0.3 is 10.6 Å². The second kappa shape index (κ2) is 4.82.